The molecule has 11 nitrogen and oxygen atoms in total. The van der Waals surface area contributed by atoms with Crippen LogP contribution >= 0.6 is 0 Å². The molecule has 2 saturated carbocycles. The number of hydrogen-bond donors (Lipinski definition) is 2. The second kappa shape index (κ2) is 13.3. The minimum Gasteiger partial charge on any atom is -0.494 e. The van der Waals surface area contributed by atoms with E-state index < -0.39 is 44.3 Å². The van der Waals surface area contributed by atoms with Crippen molar-refractivity contribution in [2.45, 2.75) is 108 Å². The first-order valence-electron chi connectivity index (χ1n) is 17.4. The molecule has 2 aliphatic carbocycles. The van der Waals surface area contributed by atoms with Crippen molar-refractivity contribution in [1.29, 1.82) is 0 Å². The Morgan fingerprint density at radius 3 is 2.69 bits per heavy atom. The molecule has 3 fully saturated rings. The van der Waals surface area contributed by atoms with E-state index in [1.54, 1.807) is 18.0 Å². The van der Waals surface area contributed by atoms with Gasteiger partial charge in [0.1, 0.15) is 23.4 Å². The van der Waals surface area contributed by atoms with Gasteiger partial charge in [0, 0.05) is 30.3 Å². The molecule has 0 unspecified atom stereocenters. The number of ether oxygens (including phenoxy) is 2. The number of aromatic nitrogens is 1. The number of sulfonamides is 1. The Morgan fingerprint density at radius 1 is 1.17 bits per heavy atom. The Balaban J connectivity index is 1.28. The van der Waals surface area contributed by atoms with Crippen LogP contribution in [-0.4, -0.2) is 71.6 Å². The van der Waals surface area contributed by atoms with Crippen molar-refractivity contribution in [3.05, 3.63) is 42.6 Å². The van der Waals surface area contributed by atoms with E-state index in [1.165, 1.54) is 0 Å². The summed E-state index contributed by atoms with van der Waals surface area (Å²) in [5, 5.41) is 4.62. The maximum Gasteiger partial charge on any atom is 0.259 e. The molecule has 2 aliphatic heterocycles. The average molecular weight is 681 g/mol. The third-order valence-corrected chi connectivity index (χ3v) is 12.9. The predicted octanol–water partition coefficient (Wildman–Crippen LogP) is 4.65. The zero-order valence-corrected chi connectivity index (χ0v) is 29.2. The number of fused-ring (bicyclic) bond motifs is 3. The second-order valence-electron chi connectivity index (χ2n) is 14.5. The van der Waals surface area contributed by atoms with Crippen LogP contribution in [0.3, 0.4) is 0 Å². The molecule has 0 radical (unpaired) electrons. The fraction of sp³-hybridized carbons (Fsp3) is 0.611. The molecule has 1 aromatic carbocycles. The molecule has 0 spiro atoms. The standard InChI is InChI=1S/C36H48N4O7S/c1-5-24-17-23(3)9-7-8-10-26-21-36(26,34(43)39-48(44,45)35(4)14-15-35)38-32(42)30-20-28(22-40(30)31(41)18-24)47-33-29-12-11-27(46-6-2)19-25(29)13-16-37-33/h8,10-13,16,19,23-24,26,28,30H,5-7,9,14-15,17-18,20-22H2,1-4H3,(H,38,42)(H,39,43)/b10-8-/t23-,24-,26-,28-,30+,36-/m1/s1. The van der Waals surface area contributed by atoms with Crippen molar-refractivity contribution in [3.63, 3.8) is 0 Å². The van der Waals surface area contributed by atoms with Gasteiger partial charge in [-0.25, -0.2) is 13.4 Å². The number of carbonyl (C=O) groups is 3. The Bertz CT molecular complexity index is 1710. The van der Waals surface area contributed by atoms with Gasteiger partial charge in [-0.1, -0.05) is 32.4 Å². The van der Waals surface area contributed by atoms with Gasteiger partial charge < -0.3 is 19.7 Å². The van der Waals surface area contributed by atoms with Gasteiger partial charge >= 0.3 is 0 Å². The average Bonchev–Trinajstić information content (AvgIpc) is 3.92. The van der Waals surface area contributed by atoms with Gasteiger partial charge in [0.25, 0.3) is 5.91 Å². The van der Waals surface area contributed by atoms with Gasteiger partial charge in [0.05, 0.1) is 17.9 Å². The van der Waals surface area contributed by atoms with Crippen molar-refractivity contribution < 1.29 is 32.3 Å². The van der Waals surface area contributed by atoms with Gasteiger partial charge in [0.2, 0.25) is 27.7 Å². The number of amides is 3. The number of pyridine rings is 1. The summed E-state index contributed by atoms with van der Waals surface area (Å²) in [6.45, 7) is 8.56. The summed E-state index contributed by atoms with van der Waals surface area (Å²) < 4.78 is 39.5. The fourth-order valence-corrected chi connectivity index (χ4v) is 8.51. The maximum atomic E-state index is 14.2. The molecule has 3 amide bonds. The van der Waals surface area contributed by atoms with Crippen LogP contribution in [-0.2, 0) is 24.4 Å². The lowest BCUT2D eigenvalue weighted by Crippen LogP contribution is -2.57. The summed E-state index contributed by atoms with van der Waals surface area (Å²) in [7, 11) is -3.91. The minimum absolute atomic E-state index is 0.129. The Labute approximate surface area is 283 Å². The summed E-state index contributed by atoms with van der Waals surface area (Å²) in [4.78, 5) is 47.9. The van der Waals surface area contributed by atoms with Gasteiger partial charge in [-0.15, -0.1) is 0 Å². The quantitative estimate of drug-likeness (QED) is 0.384. The number of carbonyl (C=O) groups excluding carboxylic acids is 3. The zero-order chi connectivity index (χ0) is 34.3. The highest BCUT2D eigenvalue weighted by atomic mass is 32.2. The van der Waals surface area contributed by atoms with Crippen molar-refractivity contribution in [2.75, 3.05) is 13.2 Å². The number of allylic oxidation sites excluding steroid dienone is 1. The first-order chi connectivity index (χ1) is 22.9. The van der Waals surface area contributed by atoms with E-state index in [2.05, 4.69) is 28.9 Å². The van der Waals surface area contributed by atoms with Gasteiger partial charge in [-0.3, -0.25) is 19.1 Å². The summed E-state index contributed by atoms with van der Waals surface area (Å²) in [6.07, 6.45) is 10.3. The van der Waals surface area contributed by atoms with Crippen LogP contribution in [0, 0.1) is 17.8 Å². The summed E-state index contributed by atoms with van der Waals surface area (Å²) in [6, 6.07) is 6.65. The van der Waals surface area contributed by atoms with E-state index >= 15 is 0 Å². The summed E-state index contributed by atoms with van der Waals surface area (Å²) in [5.41, 5.74) is -1.41. The van der Waals surface area contributed by atoms with Crippen molar-refractivity contribution in [3.8, 4) is 11.6 Å². The van der Waals surface area contributed by atoms with Gasteiger partial charge in [0.15, 0.2) is 0 Å². The molecule has 2 N–H and O–H groups in total. The third-order valence-electron chi connectivity index (χ3n) is 10.7. The summed E-state index contributed by atoms with van der Waals surface area (Å²) in [5.74, 6) is 0.00226. The molecular weight excluding hydrogens is 632 g/mol. The Hall–Kier alpha value is -3.67. The van der Waals surface area contributed by atoms with Gasteiger partial charge in [-0.2, -0.15) is 0 Å². The molecular formula is C36H48N4O7S. The molecule has 6 atom stereocenters. The second-order valence-corrected chi connectivity index (χ2v) is 16.6. The lowest BCUT2D eigenvalue weighted by atomic mass is 9.88. The zero-order valence-electron chi connectivity index (χ0n) is 28.4. The SMILES string of the molecule is CCOc1ccc2c(O[C@@H]3C[C@H]4C(=O)N[C@]5(C(=O)NS(=O)(=O)C6(C)CC6)C[C@H]5/C=C\CC[C@@H](C)C[C@@H](CC)CC(=O)N4C3)nccc2c1. The van der Waals surface area contributed by atoms with Crippen LogP contribution in [0.2, 0.25) is 0 Å². The lowest BCUT2D eigenvalue weighted by Gasteiger charge is -2.28. The molecule has 4 aliphatic rings. The normalized spacial score (nSPS) is 31.0. The van der Waals surface area contributed by atoms with E-state index in [-0.39, 0.29) is 37.1 Å². The van der Waals surface area contributed by atoms with Crippen LogP contribution < -0.4 is 19.5 Å². The fourth-order valence-electron chi connectivity index (χ4n) is 7.20. The molecule has 6 rings (SSSR count). The number of benzene rings is 1. The van der Waals surface area contributed by atoms with Crippen LogP contribution in [0.25, 0.3) is 10.8 Å². The van der Waals surface area contributed by atoms with E-state index in [4.69, 9.17) is 9.47 Å². The van der Waals surface area contributed by atoms with Crippen LogP contribution in [0.15, 0.2) is 42.6 Å². The topological polar surface area (TPSA) is 144 Å². The molecule has 1 aromatic heterocycles. The van der Waals surface area contributed by atoms with Crippen molar-refractivity contribution in [1.82, 2.24) is 19.9 Å². The van der Waals surface area contributed by atoms with Gasteiger partial charge in [-0.05, 0) is 93.9 Å². The number of rotatable bonds is 8. The summed E-state index contributed by atoms with van der Waals surface area (Å²) >= 11 is 0. The minimum atomic E-state index is -3.91. The van der Waals surface area contributed by atoms with Crippen molar-refractivity contribution >= 4 is 38.5 Å². The first-order valence-corrected chi connectivity index (χ1v) is 18.9. The Morgan fingerprint density at radius 2 is 1.96 bits per heavy atom. The number of nitrogens with one attached hydrogen (secondary N) is 2. The smallest absolute Gasteiger partial charge is 0.259 e. The molecule has 12 heteroatoms. The first kappa shape index (κ1) is 34.2. The molecule has 48 heavy (non-hydrogen) atoms. The number of hydrogen-bond acceptors (Lipinski definition) is 8. The highest BCUT2D eigenvalue weighted by molar-refractivity contribution is 7.91. The van der Waals surface area contributed by atoms with Crippen LogP contribution in [0.4, 0.5) is 0 Å². The van der Waals surface area contributed by atoms with Crippen LogP contribution in [0.1, 0.15) is 85.5 Å². The Kier molecular flexibility index (Phi) is 9.50. The molecule has 1 saturated heterocycles. The third kappa shape index (κ3) is 6.91. The lowest BCUT2D eigenvalue weighted by molar-refractivity contribution is -0.140. The van der Waals surface area contributed by atoms with E-state index in [1.807, 2.05) is 43.3 Å². The van der Waals surface area contributed by atoms with Crippen molar-refractivity contribution in [2.24, 2.45) is 17.8 Å². The predicted molar refractivity (Wildman–Crippen MR) is 182 cm³/mol. The monoisotopic (exact) mass is 680 g/mol. The molecule has 260 valence electrons. The maximum absolute atomic E-state index is 14.2. The molecule has 3 heterocycles. The highest BCUT2D eigenvalue weighted by Gasteiger charge is 2.63. The number of nitrogens with zero attached hydrogens (tertiary/aromatic N) is 2. The van der Waals surface area contributed by atoms with Crippen LogP contribution in [0.5, 0.6) is 11.6 Å². The molecule has 2 aromatic rings. The highest BCUT2D eigenvalue weighted by Crippen LogP contribution is 2.47. The van der Waals surface area contributed by atoms with E-state index in [0.717, 1.165) is 42.2 Å². The van der Waals surface area contributed by atoms with E-state index in [9.17, 15) is 22.8 Å². The van der Waals surface area contributed by atoms with E-state index in [0.29, 0.717) is 37.7 Å². The largest absolute Gasteiger partial charge is 0.494 e. The molecule has 0 bridgehead atoms.